The summed E-state index contributed by atoms with van der Waals surface area (Å²) >= 11 is 0. The van der Waals surface area contributed by atoms with Crippen molar-refractivity contribution in [3.63, 3.8) is 0 Å². The average molecular weight is 316 g/mol. The first-order valence-electron chi connectivity index (χ1n) is 8.04. The van der Waals surface area contributed by atoms with Gasteiger partial charge in [-0.15, -0.1) is 5.76 Å². The molecule has 0 radical (unpaired) electrons. The number of carbonyl (C=O) groups is 1. The van der Waals surface area contributed by atoms with E-state index in [0.29, 0.717) is 19.3 Å². The predicted molar refractivity (Wildman–Crippen MR) is 85.8 cm³/mol. The molecule has 0 spiro atoms. The molecule has 0 heterocycles. The number of hydrogen-bond donors (Lipinski definition) is 1. The number of carboxylic acids is 1. The summed E-state index contributed by atoms with van der Waals surface area (Å²) < 4.78 is 0. The molecular formula is C18H29NaO3. The summed E-state index contributed by atoms with van der Waals surface area (Å²) in [5.41, 5.74) is 0. The van der Waals surface area contributed by atoms with Gasteiger partial charge in [0.25, 0.3) is 0 Å². The molecule has 0 saturated heterocycles. The van der Waals surface area contributed by atoms with Crippen LogP contribution in [-0.2, 0) is 4.79 Å². The maximum absolute atomic E-state index is 11.5. The Morgan fingerprint density at radius 2 is 1.64 bits per heavy atom. The summed E-state index contributed by atoms with van der Waals surface area (Å²) in [7, 11) is 0. The van der Waals surface area contributed by atoms with Crippen molar-refractivity contribution in [1.82, 2.24) is 0 Å². The first kappa shape index (κ1) is 23.8. The third-order valence-electron chi connectivity index (χ3n) is 3.12. The molecule has 0 aliphatic rings. The number of unbranched alkanes of at least 4 members (excludes halogenated alkanes) is 5. The van der Waals surface area contributed by atoms with Crippen molar-refractivity contribution in [3.05, 3.63) is 36.1 Å². The van der Waals surface area contributed by atoms with Crippen LogP contribution in [0, 0.1) is 0 Å². The quantitative estimate of drug-likeness (QED) is 0.241. The molecule has 0 rings (SSSR count). The largest absolute Gasteiger partial charge is 1.00 e. The summed E-state index contributed by atoms with van der Waals surface area (Å²) in [6.45, 7) is 2.18. The molecule has 0 fully saturated rings. The Morgan fingerprint density at radius 3 is 2.27 bits per heavy atom. The van der Waals surface area contributed by atoms with Crippen LogP contribution < -0.4 is 34.7 Å². The van der Waals surface area contributed by atoms with Crippen LogP contribution in [0.15, 0.2) is 36.1 Å². The smallest absolute Gasteiger partial charge is 0.875 e. The van der Waals surface area contributed by atoms with E-state index in [9.17, 15) is 9.90 Å². The van der Waals surface area contributed by atoms with Crippen molar-refractivity contribution in [2.75, 3.05) is 0 Å². The van der Waals surface area contributed by atoms with E-state index >= 15 is 0 Å². The van der Waals surface area contributed by atoms with E-state index in [0.717, 1.165) is 19.3 Å². The molecule has 0 saturated carbocycles. The average Bonchev–Trinajstić information content (AvgIpc) is 2.45. The molecule has 0 aromatic rings. The van der Waals surface area contributed by atoms with E-state index in [1.165, 1.54) is 19.3 Å². The molecule has 120 valence electrons. The fraction of sp³-hybridized carbons (Fsp3) is 0.611. The van der Waals surface area contributed by atoms with Gasteiger partial charge in [-0.1, -0.05) is 50.1 Å². The Kier molecular flexibility index (Phi) is 20.0. The van der Waals surface area contributed by atoms with Crippen molar-refractivity contribution < 1.29 is 44.6 Å². The zero-order chi connectivity index (χ0) is 15.8. The van der Waals surface area contributed by atoms with Crippen molar-refractivity contribution >= 4 is 5.97 Å². The van der Waals surface area contributed by atoms with Gasteiger partial charge in [-0.2, -0.15) is 0 Å². The van der Waals surface area contributed by atoms with Crippen LogP contribution in [-0.4, -0.2) is 11.1 Å². The van der Waals surface area contributed by atoms with Gasteiger partial charge in [-0.05, 0) is 44.9 Å². The van der Waals surface area contributed by atoms with Crippen LogP contribution in [0.3, 0.4) is 0 Å². The Balaban J connectivity index is 0. The molecule has 0 aromatic heterocycles. The van der Waals surface area contributed by atoms with E-state index in [1.54, 1.807) is 6.08 Å². The van der Waals surface area contributed by atoms with Gasteiger partial charge in [-0.25, -0.2) is 0 Å². The fourth-order valence-electron chi connectivity index (χ4n) is 1.86. The second-order valence-electron chi connectivity index (χ2n) is 5.19. The molecule has 0 unspecified atom stereocenters. The molecule has 0 amide bonds. The van der Waals surface area contributed by atoms with E-state index in [1.807, 2.05) is 18.2 Å². The zero-order valence-corrected chi connectivity index (χ0v) is 16.2. The van der Waals surface area contributed by atoms with Gasteiger partial charge < -0.3 is 10.2 Å². The molecule has 3 nitrogen and oxygen atoms in total. The minimum Gasteiger partial charge on any atom is -0.875 e. The molecule has 1 N–H and O–H groups in total. The number of rotatable bonds is 13. The number of allylic oxidation sites excluding steroid dienone is 5. The summed E-state index contributed by atoms with van der Waals surface area (Å²) in [6, 6.07) is 0. The molecule has 0 aliphatic carbocycles. The minimum atomic E-state index is -0.736. The normalized spacial score (nSPS) is 12.0. The third-order valence-corrected chi connectivity index (χ3v) is 3.12. The Hall–Kier alpha value is -0.510. The minimum absolute atomic E-state index is 0. The van der Waals surface area contributed by atoms with Crippen LogP contribution in [0.1, 0.15) is 71.1 Å². The van der Waals surface area contributed by atoms with Crippen LogP contribution >= 0.6 is 0 Å². The Bertz CT molecular complexity index is 346. The van der Waals surface area contributed by atoms with Gasteiger partial charge in [-0.3, -0.25) is 4.79 Å². The topological polar surface area (TPSA) is 60.4 Å². The van der Waals surface area contributed by atoms with E-state index in [2.05, 4.69) is 13.0 Å². The maximum atomic E-state index is 11.5. The van der Waals surface area contributed by atoms with Crippen LogP contribution in [0.5, 0.6) is 0 Å². The zero-order valence-electron chi connectivity index (χ0n) is 14.2. The maximum Gasteiger partial charge on any atom is 1.00 e. The van der Waals surface area contributed by atoms with Crippen LogP contribution in [0.4, 0.5) is 0 Å². The van der Waals surface area contributed by atoms with Gasteiger partial charge in [0, 0.05) is 6.42 Å². The van der Waals surface area contributed by atoms with Gasteiger partial charge in [0.05, 0.1) is 0 Å². The number of carboxylic acid groups (broad SMARTS) is 1. The van der Waals surface area contributed by atoms with Crippen molar-refractivity contribution in [1.29, 1.82) is 0 Å². The fourth-order valence-corrected chi connectivity index (χ4v) is 1.86. The second kappa shape index (κ2) is 18.5. The summed E-state index contributed by atoms with van der Waals surface area (Å²) in [5, 5.41) is 20.0. The number of aliphatic carboxylic acids is 1. The van der Waals surface area contributed by atoms with E-state index in [-0.39, 0.29) is 41.7 Å². The van der Waals surface area contributed by atoms with Crippen LogP contribution in [0.25, 0.3) is 0 Å². The molecule has 0 aliphatic heterocycles. The van der Waals surface area contributed by atoms with Gasteiger partial charge in [0.15, 0.2) is 0 Å². The van der Waals surface area contributed by atoms with Crippen LogP contribution in [0.2, 0.25) is 0 Å². The second-order valence-corrected chi connectivity index (χ2v) is 5.19. The first-order valence-corrected chi connectivity index (χ1v) is 8.04. The van der Waals surface area contributed by atoms with Crippen molar-refractivity contribution in [3.8, 4) is 0 Å². The Labute approximate surface area is 157 Å². The predicted octanol–water partition coefficient (Wildman–Crippen LogP) is 1.35. The molecular weight excluding hydrogens is 287 g/mol. The van der Waals surface area contributed by atoms with E-state index < -0.39 is 5.97 Å². The van der Waals surface area contributed by atoms with Crippen molar-refractivity contribution in [2.45, 2.75) is 71.1 Å². The van der Waals surface area contributed by atoms with Gasteiger partial charge in [0.1, 0.15) is 0 Å². The molecule has 0 bridgehead atoms. The number of hydrogen-bond acceptors (Lipinski definition) is 2. The molecule has 0 aromatic carbocycles. The monoisotopic (exact) mass is 316 g/mol. The standard InChI is InChI=1S/C18H30O3.Na/c1-2-3-4-5-8-11-14-17(19)15-12-9-6-7-10-13-16-18(20)21;/h6,8-9,11,15,19H,2-5,7,10,12-14,16H2,1H3,(H,20,21);/q;+1/p-1/b9-6-,11-8-,17-15+;. The van der Waals surface area contributed by atoms with E-state index in [4.69, 9.17) is 5.11 Å². The summed E-state index contributed by atoms with van der Waals surface area (Å²) in [6.07, 6.45) is 18.4. The summed E-state index contributed by atoms with van der Waals surface area (Å²) in [4.78, 5) is 10.3. The van der Waals surface area contributed by atoms with Gasteiger partial charge >= 0.3 is 35.5 Å². The van der Waals surface area contributed by atoms with Crippen molar-refractivity contribution in [2.24, 2.45) is 0 Å². The molecule has 0 atom stereocenters. The Morgan fingerprint density at radius 1 is 1.00 bits per heavy atom. The van der Waals surface area contributed by atoms with Gasteiger partial charge in [0.2, 0.25) is 0 Å². The SMILES string of the molecule is CCCCC/C=C\C/C([O-])=C\C/C=C\CCCCC(=O)O.[Na+]. The summed E-state index contributed by atoms with van der Waals surface area (Å²) in [5.74, 6) is -0.571. The molecule has 4 heteroatoms. The molecule has 22 heavy (non-hydrogen) atoms. The first-order chi connectivity index (χ1) is 10.2. The third kappa shape index (κ3) is 19.5.